The monoisotopic (exact) mass is 342 g/mol. The summed E-state index contributed by atoms with van der Waals surface area (Å²) in [5.74, 6) is 0. The number of hydrogen-bond donors (Lipinski definition) is 0. The average molecular weight is 342 g/mol. The SMILES string of the molecule is C1CC1.F[B-](F)(F)F.F[B-](F)(F)F.F[B-](F)(F)F.[K+]. The fourth-order valence-electron chi connectivity index (χ4n) is 0. The smallest absolute Gasteiger partial charge is 0.418 e. The molecule has 0 unspecified atom stereocenters. The van der Waals surface area contributed by atoms with Crippen LogP contribution >= 0.6 is 0 Å². The Morgan fingerprint density at radius 3 is 0.421 bits per heavy atom. The van der Waals surface area contributed by atoms with E-state index in [9.17, 15) is 51.8 Å². The Hall–Kier alpha value is 0.991. The molecule has 0 heterocycles. The normalized spacial score (nSPS) is 13.3. The first-order valence-electron chi connectivity index (χ1n) is 4.12. The van der Waals surface area contributed by atoms with Crippen LogP contribution in [0.5, 0.6) is 0 Å². The molecule has 114 valence electrons. The average Bonchev–Trinajstić information content (AvgIpc) is 2.49. The van der Waals surface area contributed by atoms with Crippen LogP contribution in [-0.4, -0.2) is 21.8 Å². The van der Waals surface area contributed by atoms with E-state index in [2.05, 4.69) is 0 Å². The summed E-state index contributed by atoms with van der Waals surface area (Å²) < 4.78 is 117. The van der Waals surface area contributed by atoms with Crippen molar-refractivity contribution in [3.05, 3.63) is 0 Å². The minimum atomic E-state index is -6.00. The molecule has 0 nitrogen and oxygen atoms in total. The Balaban J connectivity index is -0.0000000783. The predicted molar refractivity (Wildman–Crippen MR) is 44.4 cm³/mol. The fourth-order valence-corrected chi connectivity index (χ4v) is 0. The molecule has 0 aromatic rings. The molecular formula is C3H6B3F12K-2. The third-order valence-corrected chi connectivity index (χ3v) is 0.354. The van der Waals surface area contributed by atoms with E-state index in [1.807, 2.05) is 0 Å². The largest absolute Gasteiger partial charge is 1.00 e. The Morgan fingerprint density at radius 2 is 0.421 bits per heavy atom. The van der Waals surface area contributed by atoms with Crippen molar-refractivity contribution in [1.29, 1.82) is 0 Å². The molecule has 1 saturated carbocycles. The maximum Gasteiger partial charge on any atom is 1.00 e. The summed E-state index contributed by atoms with van der Waals surface area (Å²) in [7, 11) is -18.0. The van der Waals surface area contributed by atoms with E-state index < -0.39 is 21.8 Å². The number of halogens is 12. The second kappa shape index (κ2) is 12.7. The van der Waals surface area contributed by atoms with Crippen LogP contribution in [0.3, 0.4) is 0 Å². The molecule has 0 aromatic carbocycles. The molecule has 0 saturated heterocycles. The molecule has 0 amide bonds. The second-order valence-electron chi connectivity index (χ2n) is 2.55. The third-order valence-electron chi connectivity index (χ3n) is 0.354. The van der Waals surface area contributed by atoms with E-state index in [1.165, 1.54) is 19.3 Å². The first-order chi connectivity index (χ1) is 7.50. The Morgan fingerprint density at radius 1 is 0.368 bits per heavy atom. The van der Waals surface area contributed by atoms with Crippen molar-refractivity contribution in [3.63, 3.8) is 0 Å². The Kier molecular flexibility index (Phi) is 18.9. The first-order valence-corrected chi connectivity index (χ1v) is 4.12. The second-order valence-corrected chi connectivity index (χ2v) is 2.55. The van der Waals surface area contributed by atoms with Gasteiger partial charge in [-0.2, -0.15) is 0 Å². The summed E-state index contributed by atoms with van der Waals surface area (Å²) >= 11 is 0. The van der Waals surface area contributed by atoms with Gasteiger partial charge in [-0.1, -0.05) is 19.3 Å². The van der Waals surface area contributed by atoms with Gasteiger partial charge < -0.3 is 51.8 Å². The van der Waals surface area contributed by atoms with Crippen molar-refractivity contribution in [2.45, 2.75) is 19.3 Å². The Bertz CT molecular complexity index is 133. The molecule has 0 aromatic heterocycles. The minimum Gasteiger partial charge on any atom is -0.418 e. The topological polar surface area (TPSA) is 0 Å². The van der Waals surface area contributed by atoms with E-state index >= 15 is 0 Å². The van der Waals surface area contributed by atoms with Gasteiger partial charge >= 0.3 is 73.1 Å². The van der Waals surface area contributed by atoms with Gasteiger partial charge in [-0.25, -0.2) is 0 Å². The van der Waals surface area contributed by atoms with Gasteiger partial charge in [0.25, 0.3) is 0 Å². The summed E-state index contributed by atoms with van der Waals surface area (Å²) in [4.78, 5) is 0. The van der Waals surface area contributed by atoms with Crippen molar-refractivity contribution in [3.8, 4) is 0 Å². The van der Waals surface area contributed by atoms with Crippen LogP contribution in [0.2, 0.25) is 0 Å². The van der Waals surface area contributed by atoms with Gasteiger partial charge in [-0.3, -0.25) is 0 Å². The summed E-state index contributed by atoms with van der Waals surface area (Å²) in [6, 6.07) is 0. The van der Waals surface area contributed by atoms with Crippen molar-refractivity contribution in [1.82, 2.24) is 0 Å². The predicted octanol–water partition coefficient (Wildman–Crippen LogP) is 2.07. The van der Waals surface area contributed by atoms with Crippen molar-refractivity contribution in [2.24, 2.45) is 0 Å². The number of hydrogen-bond acceptors (Lipinski definition) is 0. The molecule has 0 aliphatic heterocycles. The number of rotatable bonds is 0. The first kappa shape index (κ1) is 28.2. The van der Waals surface area contributed by atoms with Gasteiger partial charge in [0.15, 0.2) is 0 Å². The molecule has 0 spiro atoms. The fraction of sp³-hybridized carbons (Fsp3) is 1.00. The van der Waals surface area contributed by atoms with Gasteiger partial charge in [0.05, 0.1) is 0 Å². The quantitative estimate of drug-likeness (QED) is 0.467. The van der Waals surface area contributed by atoms with Crippen LogP contribution in [0.1, 0.15) is 19.3 Å². The van der Waals surface area contributed by atoms with E-state index in [-0.39, 0.29) is 51.4 Å². The molecular weight excluding hydrogens is 336 g/mol. The van der Waals surface area contributed by atoms with Crippen molar-refractivity contribution in [2.75, 3.05) is 0 Å². The van der Waals surface area contributed by atoms with Gasteiger partial charge in [0.2, 0.25) is 0 Å². The van der Waals surface area contributed by atoms with Crippen LogP contribution < -0.4 is 51.4 Å². The summed E-state index contributed by atoms with van der Waals surface area (Å²) in [5, 5.41) is 0. The maximum atomic E-state index is 9.75. The van der Waals surface area contributed by atoms with E-state index in [4.69, 9.17) is 0 Å². The van der Waals surface area contributed by atoms with Crippen LogP contribution in [0, 0.1) is 0 Å². The van der Waals surface area contributed by atoms with Gasteiger partial charge in [-0.05, 0) is 0 Å². The van der Waals surface area contributed by atoms with Crippen molar-refractivity contribution < 1.29 is 103 Å². The zero-order valence-corrected chi connectivity index (χ0v) is 12.5. The maximum absolute atomic E-state index is 9.75. The third kappa shape index (κ3) is 1380. The van der Waals surface area contributed by atoms with Gasteiger partial charge in [-0.15, -0.1) is 0 Å². The van der Waals surface area contributed by atoms with Crippen LogP contribution in [0.25, 0.3) is 0 Å². The molecule has 0 bridgehead atoms. The van der Waals surface area contributed by atoms with Gasteiger partial charge in [0, 0.05) is 0 Å². The standard InChI is InChI=1S/C3H6.3BF4.K/c1-2-3-1;3*2-1(3,4)5;/h1-3H2;;;;/q;3*-1;+1. The molecule has 0 N–H and O–H groups in total. The Labute approximate surface area is 143 Å². The molecule has 0 radical (unpaired) electrons. The van der Waals surface area contributed by atoms with Crippen LogP contribution in [0.4, 0.5) is 51.8 Å². The molecule has 1 rings (SSSR count). The molecule has 1 fully saturated rings. The molecule has 1 aliphatic carbocycles. The van der Waals surface area contributed by atoms with Gasteiger partial charge in [0.1, 0.15) is 0 Å². The van der Waals surface area contributed by atoms with E-state index in [1.54, 1.807) is 0 Å². The zero-order valence-electron chi connectivity index (χ0n) is 9.39. The molecule has 0 atom stereocenters. The van der Waals surface area contributed by atoms with Crippen LogP contribution in [0.15, 0.2) is 0 Å². The van der Waals surface area contributed by atoms with Crippen LogP contribution in [-0.2, 0) is 0 Å². The van der Waals surface area contributed by atoms with Crippen molar-refractivity contribution >= 4 is 21.8 Å². The summed E-state index contributed by atoms with van der Waals surface area (Å²) in [6.07, 6.45) is 4.50. The summed E-state index contributed by atoms with van der Waals surface area (Å²) in [6.45, 7) is 0. The molecule has 19 heavy (non-hydrogen) atoms. The van der Waals surface area contributed by atoms with E-state index in [0.717, 1.165) is 0 Å². The molecule has 16 heteroatoms. The summed E-state index contributed by atoms with van der Waals surface area (Å²) in [5.41, 5.74) is 0. The zero-order chi connectivity index (χ0) is 15.6. The van der Waals surface area contributed by atoms with E-state index in [0.29, 0.717) is 0 Å². The minimum absolute atomic E-state index is 0. The molecule has 1 aliphatic rings.